The lowest BCUT2D eigenvalue weighted by Gasteiger charge is -2.29. The number of carbonyl (C=O) groups excluding carboxylic acids is 2. The third-order valence-electron chi connectivity index (χ3n) is 3.04. The molecule has 0 fully saturated rings. The van der Waals surface area contributed by atoms with Crippen LogP contribution in [0.2, 0.25) is 0 Å². The highest BCUT2D eigenvalue weighted by Gasteiger charge is 2.23. The molecule has 0 radical (unpaired) electrons. The predicted molar refractivity (Wildman–Crippen MR) is 69.6 cm³/mol. The van der Waals surface area contributed by atoms with Gasteiger partial charge in [0.25, 0.3) is 5.91 Å². The Morgan fingerprint density at radius 3 is 2.74 bits per heavy atom. The van der Waals surface area contributed by atoms with Gasteiger partial charge in [-0.05, 0) is 31.9 Å². The molecule has 0 aromatic carbocycles. The summed E-state index contributed by atoms with van der Waals surface area (Å²) in [6.45, 7) is 3.66. The maximum absolute atomic E-state index is 11.7. The largest absolute Gasteiger partial charge is 0.459 e. The molecule has 0 spiro atoms. The minimum atomic E-state index is -0.457. The van der Waals surface area contributed by atoms with Gasteiger partial charge in [0.15, 0.2) is 5.76 Å². The van der Waals surface area contributed by atoms with E-state index in [1.165, 1.54) is 12.3 Å². The summed E-state index contributed by atoms with van der Waals surface area (Å²) < 4.78 is 4.91. The number of furan rings is 1. The third kappa shape index (κ3) is 4.75. The van der Waals surface area contributed by atoms with Gasteiger partial charge < -0.3 is 20.2 Å². The molecule has 1 heterocycles. The normalized spacial score (nSPS) is 13.6. The van der Waals surface area contributed by atoms with Crippen molar-refractivity contribution in [3.05, 3.63) is 24.2 Å². The van der Waals surface area contributed by atoms with Crippen LogP contribution in [0.3, 0.4) is 0 Å². The van der Waals surface area contributed by atoms with Crippen molar-refractivity contribution in [2.75, 3.05) is 13.2 Å². The fourth-order valence-electron chi connectivity index (χ4n) is 1.61. The standard InChI is InChI=1S/C13H20N2O4/c1-3-13(2,6-7-16)15-11(17)9-14-12(18)10-5-4-8-19-10/h4-5,8,16H,3,6-7,9H2,1-2H3,(H,14,18)(H,15,17). The molecular weight excluding hydrogens is 248 g/mol. The van der Waals surface area contributed by atoms with Gasteiger partial charge in [-0.25, -0.2) is 0 Å². The average molecular weight is 268 g/mol. The topological polar surface area (TPSA) is 91.6 Å². The van der Waals surface area contributed by atoms with Crippen molar-refractivity contribution in [1.29, 1.82) is 0 Å². The van der Waals surface area contributed by atoms with Crippen LogP contribution in [0.15, 0.2) is 22.8 Å². The molecule has 0 saturated carbocycles. The summed E-state index contributed by atoms with van der Waals surface area (Å²) in [5, 5.41) is 14.2. The van der Waals surface area contributed by atoms with Gasteiger partial charge in [0.2, 0.25) is 5.91 Å². The Hall–Kier alpha value is -1.82. The summed E-state index contributed by atoms with van der Waals surface area (Å²) in [6, 6.07) is 3.12. The molecule has 1 aromatic heterocycles. The summed E-state index contributed by atoms with van der Waals surface area (Å²) >= 11 is 0. The van der Waals surface area contributed by atoms with E-state index in [1.54, 1.807) is 6.07 Å². The van der Waals surface area contributed by atoms with Crippen molar-refractivity contribution >= 4 is 11.8 Å². The summed E-state index contributed by atoms with van der Waals surface area (Å²) in [4.78, 5) is 23.3. The van der Waals surface area contributed by atoms with Crippen molar-refractivity contribution in [3.63, 3.8) is 0 Å². The Morgan fingerprint density at radius 1 is 1.47 bits per heavy atom. The smallest absolute Gasteiger partial charge is 0.287 e. The van der Waals surface area contributed by atoms with Crippen LogP contribution < -0.4 is 10.6 Å². The highest BCUT2D eigenvalue weighted by molar-refractivity contribution is 5.94. The van der Waals surface area contributed by atoms with Crippen LogP contribution in [0, 0.1) is 0 Å². The fraction of sp³-hybridized carbons (Fsp3) is 0.538. The molecule has 3 N–H and O–H groups in total. The van der Waals surface area contributed by atoms with Gasteiger partial charge >= 0.3 is 0 Å². The first-order valence-corrected chi connectivity index (χ1v) is 6.24. The van der Waals surface area contributed by atoms with E-state index in [0.29, 0.717) is 12.8 Å². The molecule has 0 saturated heterocycles. The van der Waals surface area contributed by atoms with E-state index in [-0.39, 0.29) is 24.8 Å². The Kier molecular flexibility index (Phi) is 5.57. The Bertz CT molecular complexity index is 416. The highest BCUT2D eigenvalue weighted by atomic mass is 16.3. The van der Waals surface area contributed by atoms with Crippen LogP contribution in [0.5, 0.6) is 0 Å². The third-order valence-corrected chi connectivity index (χ3v) is 3.04. The Labute approximate surface area is 112 Å². The second kappa shape index (κ2) is 6.94. The first-order chi connectivity index (χ1) is 9.00. The van der Waals surface area contributed by atoms with Crippen molar-refractivity contribution in [1.82, 2.24) is 10.6 Å². The first-order valence-electron chi connectivity index (χ1n) is 6.24. The molecule has 1 aromatic rings. The van der Waals surface area contributed by atoms with Gasteiger partial charge in [-0.3, -0.25) is 9.59 Å². The number of hydrogen-bond donors (Lipinski definition) is 3. The number of carbonyl (C=O) groups is 2. The zero-order valence-electron chi connectivity index (χ0n) is 11.2. The van der Waals surface area contributed by atoms with E-state index < -0.39 is 11.4 Å². The summed E-state index contributed by atoms with van der Waals surface area (Å²) in [5.74, 6) is -0.556. The molecule has 2 amide bonds. The van der Waals surface area contributed by atoms with Crippen LogP contribution in [-0.2, 0) is 4.79 Å². The maximum Gasteiger partial charge on any atom is 0.287 e. The average Bonchev–Trinajstić information content (AvgIpc) is 2.90. The van der Waals surface area contributed by atoms with Gasteiger partial charge in [0.05, 0.1) is 12.8 Å². The second-order valence-electron chi connectivity index (χ2n) is 4.60. The Balaban J connectivity index is 2.41. The van der Waals surface area contributed by atoms with E-state index in [4.69, 9.17) is 9.52 Å². The van der Waals surface area contributed by atoms with E-state index in [1.807, 2.05) is 13.8 Å². The molecule has 0 aliphatic heterocycles. The molecule has 1 atom stereocenters. The van der Waals surface area contributed by atoms with E-state index in [2.05, 4.69) is 10.6 Å². The molecule has 1 unspecified atom stereocenters. The zero-order valence-corrected chi connectivity index (χ0v) is 11.2. The van der Waals surface area contributed by atoms with Gasteiger partial charge in [-0.2, -0.15) is 0 Å². The Morgan fingerprint density at radius 2 is 2.21 bits per heavy atom. The molecule has 6 nitrogen and oxygen atoms in total. The number of aliphatic hydroxyl groups is 1. The molecule has 0 aliphatic rings. The van der Waals surface area contributed by atoms with E-state index >= 15 is 0 Å². The number of amides is 2. The minimum absolute atomic E-state index is 0.00335. The molecule has 6 heteroatoms. The van der Waals surface area contributed by atoms with Crippen LogP contribution in [0.25, 0.3) is 0 Å². The highest BCUT2D eigenvalue weighted by Crippen LogP contribution is 2.13. The molecule has 19 heavy (non-hydrogen) atoms. The van der Waals surface area contributed by atoms with E-state index in [9.17, 15) is 9.59 Å². The van der Waals surface area contributed by atoms with Crippen LogP contribution in [-0.4, -0.2) is 35.6 Å². The molecular formula is C13H20N2O4. The number of rotatable bonds is 7. The zero-order chi connectivity index (χ0) is 14.3. The first kappa shape index (κ1) is 15.2. The quantitative estimate of drug-likeness (QED) is 0.678. The lowest BCUT2D eigenvalue weighted by Crippen LogP contribution is -2.49. The number of aliphatic hydroxyl groups excluding tert-OH is 1. The van der Waals surface area contributed by atoms with Crippen LogP contribution in [0.1, 0.15) is 37.2 Å². The van der Waals surface area contributed by atoms with Crippen molar-refractivity contribution in [3.8, 4) is 0 Å². The minimum Gasteiger partial charge on any atom is -0.459 e. The second-order valence-corrected chi connectivity index (χ2v) is 4.60. The monoisotopic (exact) mass is 268 g/mol. The summed E-state index contributed by atoms with van der Waals surface area (Å²) in [7, 11) is 0. The van der Waals surface area contributed by atoms with Gasteiger partial charge in [0, 0.05) is 12.1 Å². The van der Waals surface area contributed by atoms with Crippen molar-refractivity contribution < 1.29 is 19.1 Å². The SMILES string of the molecule is CCC(C)(CCO)NC(=O)CNC(=O)c1ccco1. The van der Waals surface area contributed by atoms with E-state index in [0.717, 1.165) is 0 Å². The van der Waals surface area contributed by atoms with Crippen LogP contribution >= 0.6 is 0 Å². The fourth-order valence-corrected chi connectivity index (χ4v) is 1.61. The van der Waals surface area contributed by atoms with Crippen molar-refractivity contribution in [2.24, 2.45) is 0 Å². The van der Waals surface area contributed by atoms with Gasteiger partial charge in [-0.1, -0.05) is 6.92 Å². The lowest BCUT2D eigenvalue weighted by atomic mass is 9.95. The van der Waals surface area contributed by atoms with Crippen molar-refractivity contribution in [2.45, 2.75) is 32.2 Å². The molecule has 0 aliphatic carbocycles. The lowest BCUT2D eigenvalue weighted by molar-refractivity contribution is -0.122. The van der Waals surface area contributed by atoms with Crippen LogP contribution in [0.4, 0.5) is 0 Å². The maximum atomic E-state index is 11.7. The predicted octanol–water partition coefficient (Wildman–Crippen LogP) is 0.677. The number of nitrogens with one attached hydrogen (secondary N) is 2. The van der Waals surface area contributed by atoms with Gasteiger partial charge in [-0.15, -0.1) is 0 Å². The molecule has 106 valence electrons. The molecule has 1 rings (SSSR count). The number of hydrogen-bond acceptors (Lipinski definition) is 4. The summed E-state index contributed by atoms with van der Waals surface area (Å²) in [6.07, 6.45) is 2.57. The molecule has 0 bridgehead atoms. The van der Waals surface area contributed by atoms with Gasteiger partial charge in [0.1, 0.15) is 0 Å². The summed E-state index contributed by atoms with van der Waals surface area (Å²) in [5.41, 5.74) is -0.457.